The van der Waals surface area contributed by atoms with Crippen molar-refractivity contribution >= 4 is 50.7 Å². The number of sulfonamides is 1. The SMILES string of the molecule is CC[C@@H](C)NC(=O)[C@@H](C)N(Cc1ccc(Cl)cc1Cl)C(=O)CN(c1ccc(F)cc1)S(=O)(=O)c1ccccc1. The molecule has 0 aliphatic rings. The van der Waals surface area contributed by atoms with E-state index in [1.807, 2.05) is 13.8 Å². The molecule has 208 valence electrons. The smallest absolute Gasteiger partial charge is 0.264 e. The van der Waals surface area contributed by atoms with E-state index in [2.05, 4.69) is 5.32 Å². The van der Waals surface area contributed by atoms with Crippen LogP contribution in [0.1, 0.15) is 32.8 Å². The van der Waals surface area contributed by atoms with Crippen LogP contribution in [-0.4, -0.2) is 43.8 Å². The standard InChI is InChI=1S/C28H30Cl2FN3O4S/c1-4-19(2)32-28(36)20(3)33(17-21-10-11-22(29)16-26(21)30)27(35)18-34(24-14-12-23(31)13-15-24)39(37,38)25-8-6-5-7-9-25/h5-16,19-20H,4,17-18H2,1-3H3,(H,32,36)/t19-,20-/m1/s1. The lowest BCUT2D eigenvalue weighted by Crippen LogP contribution is -2.52. The van der Waals surface area contributed by atoms with Gasteiger partial charge in [0, 0.05) is 22.6 Å². The van der Waals surface area contributed by atoms with Crippen molar-refractivity contribution in [3.05, 3.63) is 94.2 Å². The van der Waals surface area contributed by atoms with Crippen LogP contribution >= 0.6 is 23.2 Å². The number of nitrogens with zero attached hydrogens (tertiary/aromatic N) is 2. The second kappa shape index (κ2) is 13.3. The first-order valence-electron chi connectivity index (χ1n) is 12.3. The maximum atomic E-state index is 13.9. The highest BCUT2D eigenvalue weighted by molar-refractivity contribution is 7.92. The van der Waals surface area contributed by atoms with Gasteiger partial charge < -0.3 is 10.2 Å². The molecule has 0 spiro atoms. The van der Waals surface area contributed by atoms with E-state index < -0.39 is 40.2 Å². The monoisotopic (exact) mass is 593 g/mol. The Balaban J connectivity index is 2.03. The van der Waals surface area contributed by atoms with Crippen molar-refractivity contribution in [3.63, 3.8) is 0 Å². The van der Waals surface area contributed by atoms with Gasteiger partial charge in [0.15, 0.2) is 0 Å². The van der Waals surface area contributed by atoms with E-state index in [0.717, 1.165) is 16.4 Å². The quantitative estimate of drug-likeness (QED) is 0.311. The molecular formula is C28H30Cl2FN3O4S. The summed E-state index contributed by atoms with van der Waals surface area (Å²) in [7, 11) is -4.23. The van der Waals surface area contributed by atoms with Gasteiger partial charge in [-0.05, 0) is 74.4 Å². The molecule has 1 N–H and O–H groups in total. The van der Waals surface area contributed by atoms with Crippen molar-refractivity contribution in [2.75, 3.05) is 10.8 Å². The summed E-state index contributed by atoms with van der Waals surface area (Å²) >= 11 is 12.4. The van der Waals surface area contributed by atoms with Gasteiger partial charge in [-0.15, -0.1) is 0 Å². The minimum atomic E-state index is -4.23. The third-order valence-electron chi connectivity index (χ3n) is 6.25. The Morgan fingerprint density at radius 1 is 0.974 bits per heavy atom. The highest BCUT2D eigenvalue weighted by Gasteiger charge is 2.33. The number of hydrogen-bond acceptors (Lipinski definition) is 4. The normalized spacial score (nSPS) is 12.9. The molecule has 0 saturated heterocycles. The van der Waals surface area contributed by atoms with Gasteiger partial charge in [-0.2, -0.15) is 0 Å². The van der Waals surface area contributed by atoms with Crippen molar-refractivity contribution in [2.24, 2.45) is 0 Å². The molecule has 0 unspecified atom stereocenters. The number of nitrogens with one attached hydrogen (secondary N) is 1. The minimum Gasteiger partial charge on any atom is -0.352 e. The van der Waals surface area contributed by atoms with Crippen LogP contribution in [0.15, 0.2) is 77.7 Å². The van der Waals surface area contributed by atoms with Crippen molar-refractivity contribution in [2.45, 2.75) is 50.7 Å². The molecule has 3 aromatic carbocycles. The van der Waals surface area contributed by atoms with Gasteiger partial charge in [-0.25, -0.2) is 12.8 Å². The number of benzene rings is 3. The van der Waals surface area contributed by atoms with Crippen LogP contribution in [0.4, 0.5) is 10.1 Å². The zero-order valence-corrected chi connectivity index (χ0v) is 24.1. The first-order valence-corrected chi connectivity index (χ1v) is 14.5. The Kier molecular flexibility index (Phi) is 10.4. The summed E-state index contributed by atoms with van der Waals surface area (Å²) in [6.07, 6.45) is 0.684. The molecule has 2 amide bonds. The molecule has 39 heavy (non-hydrogen) atoms. The molecule has 0 aliphatic heterocycles. The molecule has 0 saturated carbocycles. The Bertz CT molecular complexity index is 1410. The molecule has 0 aliphatic carbocycles. The predicted molar refractivity (Wildman–Crippen MR) is 152 cm³/mol. The first kappa shape index (κ1) is 30.4. The molecular weight excluding hydrogens is 564 g/mol. The van der Waals surface area contributed by atoms with Crippen molar-refractivity contribution < 1.29 is 22.4 Å². The summed E-state index contributed by atoms with van der Waals surface area (Å²) in [5.41, 5.74) is 0.617. The molecule has 0 aromatic heterocycles. The van der Waals surface area contributed by atoms with Gasteiger partial charge in [0.25, 0.3) is 10.0 Å². The average molecular weight is 595 g/mol. The van der Waals surface area contributed by atoms with Gasteiger partial charge in [-0.1, -0.05) is 54.4 Å². The first-order chi connectivity index (χ1) is 18.4. The summed E-state index contributed by atoms with van der Waals surface area (Å²) in [4.78, 5) is 28.1. The fraction of sp³-hybridized carbons (Fsp3) is 0.286. The summed E-state index contributed by atoms with van der Waals surface area (Å²) in [6.45, 7) is 4.60. The fourth-order valence-electron chi connectivity index (χ4n) is 3.74. The van der Waals surface area contributed by atoms with Crippen LogP contribution in [0.3, 0.4) is 0 Å². The highest BCUT2D eigenvalue weighted by Crippen LogP contribution is 2.26. The number of rotatable bonds is 11. The minimum absolute atomic E-state index is 0.0445. The average Bonchev–Trinajstić information content (AvgIpc) is 2.91. The molecule has 3 rings (SSSR count). The van der Waals surface area contributed by atoms with E-state index in [1.165, 1.54) is 35.2 Å². The Labute approximate surface area is 238 Å². The van der Waals surface area contributed by atoms with Gasteiger partial charge in [-0.3, -0.25) is 13.9 Å². The van der Waals surface area contributed by atoms with Gasteiger partial charge in [0.05, 0.1) is 10.6 Å². The van der Waals surface area contributed by atoms with E-state index in [1.54, 1.807) is 37.3 Å². The molecule has 0 fully saturated rings. The van der Waals surface area contributed by atoms with Crippen LogP contribution in [0.25, 0.3) is 0 Å². The van der Waals surface area contributed by atoms with Crippen molar-refractivity contribution in [3.8, 4) is 0 Å². The zero-order valence-electron chi connectivity index (χ0n) is 21.8. The third kappa shape index (κ3) is 7.71. The van der Waals surface area contributed by atoms with Gasteiger partial charge in [0.1, 0.15) is 18.4 Å². The summed E-state index contributed by atoms with van der Waals surface area (Å²) in [5.74, 6) is -1.62. The maximum absolute atomic E-state index is 13.9. The third-order valence-corrected chi connectivity index (χ3v) is 8.62. The number of halogens is 3. The van der Waals surface area contributed by atoms with Crippen LogP contribution in [0.5, 0.6) is 0 Å². The Hall–Kier alpha value is -3.14. The molecule has 0 bridgehead atoms. The van der Waals surface area contributed by atoms with E-state index >= 15 is 0 Å². The van der Waals surface area contributed by atoms with Gasteiger partial charge in [0.2, 0.25) is 11.8 Å². The summed E-state index contributed by atoms with van der Waals surface area (Å²) in [5, 5.41) is 3.56. The number of hydrogen-bond donors (Lipinski definition) is 1. The number of carbonyl (C=O) groups is 2. The topological polar surface area (TPSA) is 86.8 Å². The number of carbonyl (C=O) groups excluding carboxylic acids is 2. The van der Waals surface area contributed by atoms with E-state index in [0.29, 0.717) is 22.0 Å². The number of amides is 2. The van der Waals surface area contributed by atoms with Crippen LogP contribution < -0.4 is 9.62 Å². The predicted octanol–water partition coefficient (Wildman–Crippen LogP) is 5.66. The lowest BCUT2D eigenvalue weighted by atomic mass is 10.1. The largest absolute Gasteiger partial charge is 0.352 e. The Morgan fingerprint density at radius 2 is 1.62 bits per heavy atom. The maximum Gasteiger partial charge on any atom is 0.264 e. The van der Waals surface area contributed by atoms with Crippen LogP contribution in [0, 0.1) is 5.82 Å². The van der Waals surface area contributed by atoms with E-state index in [-0.39, 0.29) is 23.2 Å². The second-order valence-corrected chi connectivity index (χ2v) is 11.8. The van der Waals surface area contributed by atoms with E-state index in [4.69, 9.17) is 23.2 Å². The summed E-state index contributed by atoms with van der Waals surface area (Å²) < 4.78 is 41.9. The van der Waals surface area contributed by atoms with Crippen LogP contribution in [-0.2, 0) is 26.2 Å². The molecule has 3 aromatic rings. The molecule has 11 heteroatoms. The molecule has 2 atom stereocenters. The highest BCUT2D eigenvalue weighted by atomic mass is 35.5. The summed E-state index contributed by atoms with van der Waals surface area (Å²) in [6, 6.07) is 16.1. The number of anilines is 1. The van der Waals surface area contributed by atoms with Crippen molar-refractivity contribution in [1.82, 2.24) is 10.2 Å². The lowest BCUT2D eigenvalue weighted by Gasteiger charge is -2.32. The Morgan fingerprint density at radius 3 is 2.21 bits per heavy atom. The van der Waals surface area contributed by atoms with Crippen molar-refractivity contribution in [1.29, 1.82) is 0 Å². The van der Waals surface area contributed by atoms with E-state index in [9.17, 15) is 22.4 Å². The van der Waals surface area contributed by atoms with Gasteiger partial charge >= 0.3 is 0 Å². The molecule has 7 nitrogen and oxygen atoms in total. The fourth-order valence-corrected chi connectivity index (χ4v) is 5.64. The lowest BCUT2D eigenvalue weighted by molar-refractivity contribution is -0.139. The second-order valence-electron chi connectivity index (χ2n) is 9.05. The molecule has 0 radical (unpaired) electrons. The van der Waals surface area contributed by atoms with Crippen LogP contribution in [0.2, 0.25) is 10.0 Å². The zero-order chi connectivity index (χ0) is 28.7. The molecule has 0 heterocycles.